The smallest absolute Gasteiger partial charge is 0.235 e. The van der Waals surface area contributed by atoms with E-state index in [1.165, 1.54) is 19.3 Å². The van der Waals surface area contributed by atoms with Crippen LogP contribution in [-0.4, -0.2) is 55.9 Å². The number of carbonyl (C=O) groups is 1. The van der Waals surface area contributed by atoms with E-state index in [9.17, 15) is 13.2 Å². The summed E-state index contributed by atoms with van der Waals surface area (Å²) < 4.78 is 23.8. The van der Waals surface area contributed by atoms with Crippen molar-refractivity contribution in [1.29, 1.82) is 0 Å². The summed E-state index contributed by atoms with van der Waals surface area (Å²) in [6.45, 7) is 12.7. The van der Waals surface area contributed by atoms with Gasteiger partial charge in [0.25, 0.3) is 0 Å². The zero-order valence-corrected chi connectivity index (χ0v) is 16.2. The molecular weight excluding hydrogens is 312 g/mol. The van der Waals surface area contributed by atoms with Crippen LogP contribution < -0.4 is 5.32 Å². The largest absolute Gasteiger partial charge is 0.353 e. The van der Waals surface area contributed by atoms with Crippen molar-refractivity contribution >= 4 is 15.7 Å². The van der Waals surface area contributed by atoms with Gasteiger partial charge in [0.1, 0.15) is 5.75 Å². The highest BCUT2D eigenvalue weighted by atomic mass is 32.2. The molecule has 0 saturated carbocycles. The minimum atomic E-state index is -3.31. The molecule has 0 aromatic heterocycles. The van der Waals surface area contributed by atoms with Crippen LogP contribution in [0.25, 0.3) is 0 Å². The highest BCUT2D eigenvalue weighted by Gasteiger charge is 2.31. The SMILES string of the molecule is CC[C@H]1CCCN(C(C)(C)CNC(=O)CS(=O)(=O)CC(C)C)C1. The Kier molecular flexibility index (Phi) is 7.52. The maximum Gasteiger partial charge on any atom is 0.235 e. The molecule has 1 rings (SSSR count). The summed E-state index contributed by atoms with van der Waals surface area (Å²) in [7, 11) is -3.31. The standard InChI is InChI=1S/C17H34N2O3S/c1-6-15-8-7-9-19(10-15)17(4,5)13-18-16(20)12-23(21,22)11-14(2)3/h14-15H,6-13H2,1-5H3,(H,18,20)/t15-/m0/s1. The second-order valence-electron chi connectivity index (χ2n) is 7.90. The van der Waals surface area contributed by atoms with E-state index in [1.54, 1.807) is 0 Å². The molecule has 6 heteroatoms. The van der Waals surface area contributed by atoms with Gasteiger partial charge in [0.05, 0.1) is 5.75 Å². The van der Waals surface area contributed by atoms with Crippen LogP contribution in [0, 0.1) is 11.8 Å². The van der Waals surface area contributed by atoms with Gasteiger partial charge in [-0.05, 0) is 45.1 Å². The first-order chi connectivity index (χ1) is 10.6. The van der Waals surface area contributed by atoms with Gasteiger partial charge in [-0.2, -0.15) is 0 Å². The number of nitrogens with zero attached hydrogens (tertiary/aromatic N) is 1. The number of hydrogen-bond acceptors (Lipinski definition) is 4. The summed E-state index contributed by atoms with van der Waals surface area (Å²) in [6.07, 6.45) is 3.66. The van der Waals surface area contributed by atoms with Gasteiger partial charge in [-0.1, -0.05) is 27.2 Å². The molecule has 136 valence electrons. The van der Waals surface area contributed by atoms with Crippen molar-refractivity contribution in [3.63, 3.8) is 0 Å². The third-order valence-corrected chi connectivity index (χ3v) is 6.49. The van der Waals surface area contributed by atoms with Crippen molar-refractivity contribution in [3.05, 3.63) is 0 Å². The second-order valence-corrected chi connectivity index (χ2v) is 10.0. The van der Waals surface area contributed by atoms with E-state index in [0.717, 1.165) is 19.0 Å². The minimum absolute atomic E-state index is 0.0450. The van der Waals surface area contributed by atoms with Crippen molar-refractivity contribution in [1.82, 2.24) is 10.2 Å². The first kappa shape index (κ1) is 20.4. The molecule has 1 N–H and O–H groups in total. The Morgan fingerprint density at radius 2 is 2.00 bits per heavy atom. The second kappa shape index (κ2) is 8.47. The van der Waals surface area contributed by atoms with Crippen molar-refractivity contribution in [2.24, 2.45) is 11.8 Å². The first-order valence-corrected chi connectivity index (χ1v) is 10.6. The van der Waals surface area contributed by atoms with Gasteiger partial charge in [0.15, 0.2) is 9.84 Å². The van der Waals surface area contributed by atoms with Crippen LogP contribution in [0.3, 0.4) is 0 Å². The van der Waals surface area contributed by atoms with E-state index in [4.69, 9.17) is 0 Å². The Morgan fingerprint density at radius 1 is 1.35 bits per heavy atom. The lowest BCUT2D eigenvalue weighted by molar-refractivity contribution is -0.119. The number of carbonyl (C=O) groups excluding carboxylic acids is 1. The molecule has 1 atom stereocenters. The average molecular weight is 347 g/mol. The quantitative estimate of drug-likeness (QED) is 0.731. The zero-order chi connectivity index (χ0) is 17.7. The summed E-state index contributed by atoms with van der Waals surface area (Å²) in [4.78, 5) is 14.4. The Bertz CT molecular complexity index is 486. The summed E-state index contributed by atoms with van der Waals surface area (Å²) in [5.74, 6) is 0.0453. The van der Waals surface area contributed by atoms with E-state index in [-0.39, 0.29) is 23.1 Å². The molecule has 1 aliphatic heterocycles. The molecule has 1 saturated heterocycles. The fourth-order valence-corrected chi connectivity index (χ4v) is 4.83. The van der Waals surface area contributed by atoms with Crippen LogP contribution in [0.5, 0.6) is 0 Å². The van der Waals surface area contributed by atoms with Crippen molar-refractivity contribution in [3.8, 4) is 0 Å². The fraction of sp³-hybridized carbons (Fsp3) is 0.941. The third-order valence-electron chi connectivity index (χ3n) is 4.61. The van der Waals surface area contributed by atoms with Gasteiger partial charge in [0, 0.05) is 18.6 Å². The summed E-state index contributed by atoms with van der Waals surface area (Å²) in [5, 5.41) is 2.82. The predicted octanol–water partition coefficient (Wildman–Crippen LogP) is 2.07. The molecule has 0 bridgehead atoms. The van der Waals surface area contributed by atoms with Crippen molar-refractivity contribution in [2.75, 3.05) is 31.1 Å². The summed E-state index contributed by atoms with van der Waals surface area (Å²) >= 11 is 0. The van der Waals surface area contributed by atoms with Gasteiger partial charge >= 0.3 is 0 Å². The van der Waals surface area contributed by atoms with E-state index in [2.05, 4.69) is 31.0 Å². The van der Waals surface area contributed by atoms with Gasteiger partial charge < -0.3 is 5.32 Å². The molecule has 0 radical (unpaired) electrons. The van der Waals surface area contributed by atoms with Crippen LogP contribution in [0.1, 0.15) is 53.9 Å². The van der Waals surface area contributed by atoms with Gasteiger partial charge in [-0.15, -0.1) is 0 Å². The van der Waals surface area contributed by atoms with E-state index in [0.29, 0.717) is 6.54 Å². The van der Waals surface area contributed by atoms with Crippen LogP contribution in [-0.2, 0) is 14.6 Å². The van der Waals surface area contributed by atoms with E-state index in [1.807, 2.05) is 13.8 Å². The molecule has 1 heterocycles. The maximum absolute atomic E-state index is 12.0. The molecule has 0 aliphatic carbocycles. The average Bonchev–Trinajstić information content (AvgIpc) is 2.43. The topological polar surface area (TPSA) is 66.5 Å². The monoisotopic (exact) mass is 346 g/mol. The minimum Gasteiger partial charge on any atom is -0.353 e. The molecule has 23 heavy (non-hydrogen) atoms. The highest BCUT2D eigenvalue weighted by Crippen LogP contribution is 2.25. The number of likely N-dealkylation sites (tertiary alicyclic amines) is 1. The Balaban J connectivity index is 2.50. The molecule has 0 unspecified atom stereocenters. The molecular formula is C17H34N2O3S. The molecule has 0 aromatic carbocycles. The lowest BCUT2D eigenvalue weighted by Gasteiger charge is -2.43. The zero-order valence-electron chi connectivity index (χ0n) is 15.4. The number of amides is 1. The third kappa shape index (κ3) is 7.21. The number of hydrogen-bond donors (Lipinski definition) is 1. The van der Waals surface area contributed by atoms with Crippen LogP contribution in [0.4, 0.5) is 0 Å². The van der Waals surface area contributed by atoms with Gasteiger partial charge in [0.2, 0.25) is 5.91 Å². The van der Waals surface area contributed by atoms with E-state index >= 15 is 0 Å². The lowest BCUT2D eigenvalue weighted by atomic mass is 9.91. The Labute approximate surface area is 142 Å². The number of piperidine rings is 1. The van der Waals surface area contributed by atoms with Crippen molar-refractivity contribution in [2.45, 2.75) is 59.4 Å². The molecule has 5 nitrogen and oxygen atoms in total. The van der Waals surface area contributed by atoms with Crippen LogP contribution in [0.2, 0.25) is 0 Å². The molecule has 1 amide bonds. The number of sulfone groups is 1. The van der Waals surface area contributed by atoms with Crippen LogP contribution in [0.15, 0.2) is 0 Å². The van der Waals surface area contributed by atoms with Gasteiger partial charge in [-0.3, -0.25) is 9.69 Å². The van der Waals surface area contributed by atoms with Crippen LogP contribution >= 0.6 is 0 Å². The number of rotatable bonds is 8. The molecule has 1 aliphatic rings. The summed E-state index contributed by atoms with van der Waals surface area (Å²) in [5.41, 5.74) is -0.148. The Morgan fingerprint density at radius 3 is 2.57 bits per heavy atom. The highest BCUT2D eigenvalue weighted by molar-refractivity contribution is 7.92. The molecule has 1 fully saturated rings. The molecule has 0 spiro atoms. The lowest BCUT2D eigenvalue weighted by Crippen LogP contribution is -2.55. The molecule has 0 aromatic rings. The fourth-order valence-electron chi connectivity index (χ4n) is 3.19. The summed E-state index contributed by atoms with van der Waals surface area (Å²) in [6, 6.07) is 0. The van der Waals surface area contributed by atoms with E-state index < -0.39 is 15.6 Å². The number of nitrogens with one attached hydrogen (secondary N) is 1. The first-order valence-electron chi connectivity index (χ1n) is 8.78. The Hall–Kier alpha value is -0.620. The normalized spacial score (nSPS) is 20.7. The predicted molar refractivity (Wildman–Crippen MR) is 95.2 cm³/mol. The van der Waals surface area contributed by atoms with Gasteiger partial charge in [-0.25, -0.2) is 8.42 Å². The maximum atomic E-state index is 12.0. The van der Waals surface area contributed by atoms with Crippen molar-refractivity contribution < 1.29 is 13.2 Å².